The summed E-state index contributed by atoms with van der Waals surface area (Å²) >= 11 is 0.853. The number of carbonyl (C=O) groups is 2. The van der Waals surface area contributed by atoms with Gasteiger partial charge in [-0.15, -0.1) is 0 Å². The van der Waals surface area contributed by atoms with E-state index in [0.717, 1.165) is 30.6 Å². The highest BCUT2D eigenvalue weighted by Crippen LogP contribution is 2.36. The summed E-state index contributed by atoms with van der Waals surface area (Å²) in [5, 5.41) is 3.25. The first-order valence-corrected chi connectivity index (χ1v) is 9.27. The van der Waals surface area contributed by atoms with Gasteiger partial charge in [-0.3, -0.25) is 4.79 Å². The molecule has 0 spiro atoms. The van der Waals surface area contributed by atoms with Crippen molar-refractivity contribution in [3.63, 3.8) is 0 Å². The molecule has 1 aromatic heterocycles. The Kier molecular flexibility index (Phi) is 5.66. The smallest absolute Gasteiger partial charge is 0.442 e. The average Bonchev–Trinajstić information content (AvgIpc) is 3.10. The zero-order chi connectivity index (χ0) is 22.1. The topological polar surface area (TPSA) is 80.3 Å². The first kappa shape index (κ1) is 21.5. The standard InChI is InChI=1S/C19H15F4N3O3S/c1-10-6-5-9-13-14(10)24-17(30-13)26-18(16(28)29-2,19(21,22)23)25-15(27)11-7-3-4-8-12(11)20/h3-9H,1-2H3,(H,24,26)(H,25,27)/t18-/m0/s1. The molecule has 158 valence electrons. The third-order valence-corrected chi connectivity index (χ3v) is 5.19. The van der Waals surface area contributed by atoms with Crippen LogP contribution >= 0.6 is 11.3 Å². The van der Waals surface area contributed by atoms with Gasteiger partial charge < -0.3 is 15.4 Å². The van der Waals surface area contributed by atoms with Crippen LogP contribution in [0.15, 0.2) is 42.5 Å². The molecule has 0 aliphatic heterocycles. The number of aryl methyl sites for hydroxylation is 1. The highest BCUT2D eigenvalue weighted by atomic mass is 32.1. The van der Waals surface area contributed by atoms with Crippen molar-refractivity contribution in [2.75, 3.05) is 12.4 Å². The van der Waals surface area contributed by atoms with Gasteiger partial charge in [0.25, 0.3) is 5.91 Å². The number of anilines is 1. The molecule has 0 bridgehead atoms. The second kappa shape index (κ2) is 7.90. The van der Waals surface area contributed by atoms with E-state index in [4.69, 9.17) is 0 Å². The average molecular weight is 441 g/mol. The fourth-order valence-electron chi connectivity index (χ4n) is 2.73. The minimum Gasteiger partial charge on any atom is -0.466 e. The molecule has 0 aliphatic carbocycles. The van der Waals surface area contributed by atoms with Crippen molar-refractivity contribution in [3.05, 3.63) is 59.4 Å². The molecule has 30 heavy (non-hydrogen) atoms. The number of esters is 1. The number of benzene rings is 2. The minimum atomic E-state index is -5.35. The second-order valence-electron chi connectivity index (χ2n) is 6.24. The van der Waals surface area contributed by atoms with Gasteiger partial charge in [-0.2, -0.15) is 13.2 Å². The number of amides is 1. The van der Waals surface area contributed by atoms with Crippen molar-refractivity contribution in [2.24, 2.45) is 0 Å². The fourth-order valence-corrected chi connectivity index (χ4v) is 3.73. The fraction of sp³-hybridized carbons (Fsp3) is 0.211. The normalized spacial score (nSPS) is 13.5. The Bertz CT molecular complexity index is 1120. The van der Waals surface area contributed by atoms with Gasteiger partial charge in [-0.25, -0.2) is 14.2 Å². The molecule has 6 nitrogen and oxygen atoms in total. The number of hydrogen-bond acceptors (Lipinski definition) is 6. The maximum absolute atomic E-state index is 14.1. The number of halogens is 4. The molecule has 2 N–H and O–H groups in total. The van der Waals surface area contributed by atoms with Gasteiger partial charge in [0.05, 0.1) is 22.9 Å². The number of methoxy groups -OCH3 is 1. The van der Waals surface area contributed by atoms with Crippen LogP contribution in [0.25, 0.3) is 10.2 Å². The first-order chi connectivity index (χ1) is 14.1. The zero-order valence-electron chi connectivity index (χ0n) is 15.6. The Morgan fingerprint density at radius 2 is 1.80 bits per heavy atom. The SMILES string of the molecule is COC(=O)[C@](NC(=O)c1ccccc1F)(Nc1nc2c(C)cccc2s1)C(F)(F)F. The highest BCUT2D eigenvalue weighted by molar-refractivity contribution is 7.22. The number of thiazole rings is 1. The molecule has 0 saturated heterocycles. The van der Waals surface area contributed by atoms with Crippen LogP contribution in [0.2, 0.25) is 0 Å². The summed E-state index contributed by atoms with van der Waals surface area (Å²) < 4.78 is 61.2. The van der Waals surface area contributed by atoms with Gasteiger partial charge in [0.1, 0.15) is 5.82 Å². The highest BCUT2D eigenvalue weighted by Gasteiger charge is 2.64. The van der Waals surface area contributed by atoms with E-state index in [2.05, 4.69) is 9.72 Å². The molecule has 1 amide bonds. The van der Waals surface area contributed by atoms with Crippen LogP contribution in [-0.4, -0.2) is 35.8 Å². The summed E-state index contributed by atoms with van der Waals surface area (Å²) in [7, 11) is 0.738. The molecule has 3 aromatic rings. The molecule has 0 aliphatic rings. The molecule has 0 fully saturated rings. The lowest BCUT2D eigenvalue weighted by atomic mass is 10.1. The molecule has 0 unspecified atom stereocenters. The summed E-state index contributed by atoms with van der Waals surface area (Å²) in [6.07, 6.45) is -5.35. The number of hydrogen-bond donors (Lipinski definition) is 2. The molecule has 2 aromatic carbocycles. The number of para-hydroxylation sites is 1. The Morgan fingerprint density at radius 1 is 1.10 bits per heavy atom. The van der Waals surface area contributed by atoms with Crippen LogP contribution in [0, 0.1) is 12.7 Å². The summed E-state index contributed by atoms with van der Waals surface area (Å²) in [6, 6.07) is 9.52. The third-order valence-electron chi connectivity index (χ3n) is 4.25. The van der Waals surface area contributed by atoms with E-state index in [-0.39, 0.29) is 5.13 Å². The van der Waals surface area contributed by atoms with Gasteiger partial charge in [0, 0.05) is 0 Å². The number of nitrogens with one attached hydrogen (secondary N) is 2. The Hall–Kier alpha value is -3.21. The molecule has 1 atom stereocenters. The predicted octanol–water partition coefficient (Wildman–Crippen LogP) is 4.02. The Balaban J connectivity index is 2.08. The number of aromatic nitrogens is 1. The number of carbonyl (C=O) groups excluding carboxylic acids is 2. The maximum Gasteiger partial charge on any atom is 0.442 e. The van der Waals surface area contributed by atoms with Gasteiger partial charge in [-0.05, 0) is 30.7 Å². The summed E-state index contributed by atoms with van der Waals surface area (Å²) in [4.78, 5) is 28.8. The zero-order valence-corrected chi connectivity index (χ0v) is 16.5. The summed E-state index contributed by atoms with van der Waals surface area (Å²) in [6.45, 7) is 1.73. The number of ether oxygens (including phenoxy) is 1. The molecule has 0 saturated carbocycles. The summed E-state index contributed by atoms with van der Waals surface area (Å²) in [5.74, 6) is -4.34. The summed E-state index contributed by atoms with van der Waals surface area (Å²) in [5.41, 5.74) is -3.21. The van der Waals surface area contributed by atoms with Gasteiger partial charge >= 0.3 is 17.8 Å². The van der Waals surface area contributed by atoms with E-state index in [0.29, 0.717) is 15.8 Å². The van der Waals surface area contributed by atoms with Crippen LogP contribution in [0.5, 0.6) is 0 Å². The van der Waals surface area contributed by atoms with Crippen molar-refractivity contribution in [1.29, 1.82) is 0 Å². The Labute approximate surface area is 171 Å². The maximum atomic E-state index is 14.1. The number of nitrogens with zero attached hydrogens (tertiary/aromatic N) is 1. The lowest BCUT2D eigenvalue weighted by Gasteiger charge is -2.34. The van der Waals surface area contributed by atoms with E-state index < -0.39 is 35.1 Å². The lowest BCUT2D eigenvalue weighted by Crippen LogP contribution is -2.69. The van der Waals surface area contributed by atoms with Gasteiger partial charge in [-0.1, -0.05) is 35.6 Å². The van der Waals surface area contributed by atoms with E-state index in [1.54, 1.807) is 30.4 Å². The van der Waals surface area contributed by atoms with E-state index in [1.807, 2.05) is 5.32 Å². The molecule has 3 rings (SSSR count). The lowest BCUT2D eigenvalue weighted by molar-refractivity contribution is -0.203. The van der Waals surface area contributed by atoms with Crippen molar-refractivity contribution < 1.29 is 31.9 Å². The number of rotatable bonds is 5. The van der Waals surface area contributed by atoms with Crippen molar-refractivity contribution >= 4 is 38.6 Å². The minimum absolute atomic E-state index is 0.282. The molecule has 1 heterocycles. The van der Waals surface area contributed by atoms with Crippen LogP contribution < -0.4 is 10.6 Å². The first-order valence-electron chi connectivity index (χ1n) is 8.45. The molecular weight excluding hydrogens is 426 g/mol. The van der Waals surface area contributed by atoms with Crippen molar-refractivity contribution in [1.82, 2.24) is 10.3 Å². The molecular formula is C19H15F4N3O3S. The van der Waals surface area contributed by atoms with Crippen LogP contribution in [0.3, 0.4) is 0 Å². The monoisotopic (exact) mass is 441 g/mol. The van der Waals surface area contributed by atoms with Crippen LogP contribution in [0.1, 0.15) is 15.9 Å². The molecule has 0 radical (unpaired) electrons. The van der Waals surface area contributed by atoms with E-state index in [9.17, 15) is 27.2 Å². The van der Waals surface area contributed by atoms with Crippen molar-refractivity contribution in [2.45, 2.75) is 18.8 Å². The number of fused-ring (bicyclic) bond motifs is 1. The molecule has 11 heteroatoms. The van der Waals surface area contributed by atoms with E-state index >= 15 is 0 Å². The predicted molar refractivity (Wildman–Crippen MR) is 103 cm³/mol. The van der Waals surface area contributed by atoms with Crippen LogP contribution in [-0.2, 0) is 9.53 Å². The third kappa shape index (κ3) is 3.80. The second-order valence-corrected chi connectivity index (χ2v) is 7.27. The largest absolute Gasteiger partial charge is 0.466 e. The number of alkyl halides is 3. The Morgan fingerprint density at radius 3 is 2.40 bits per heavy atom. The van der Waals surface area contributed by atoms with Gasteiger partial charge in [0.2, 0.25) is 0 Å². The van der Waals surface area contributed by atoms with Gasteiger partial charge in [0.15, 0.2) is 5.13 Å². The van der Waals surface area contributed by atoms with E-state index in [1.165, 1.54) is 12.1 Å². The van der Waals surface area contributed by atoms with Crippen molar-refractivity contribution in [3.8, 4) is 0 Å². The van der Waals surface area contributed by atoms with Crippen LogP contribution in [0.4, 0.5) is 22.7 Å². The quantitative estimate of drug-likeness (QED) is 0.355.